The quantitative estimate of drug-likeness (QED) is 0.911. The van der Waals surface area contributed by atoms with Crippen LogP contribution in [0.15, 0.2) is 22.7 Å². The number of hydrogen-bond donors (Lipinski definition) is 1. The van der Waals surface area contributed by atoms with Crippen molar-refractivity contribution in [1.82, 2.24) is 0 Å². The van der Waals surface area contributed by atoms with Gasteiger partial charge in [-0.2, -0.15) is 0 Å². The van der Waals surface area contributed by atoms with Crippen LogP contribution >= 0.6 is 27.5 Å². The lowest BCUT2D eigenvalue weighted by Crippen LogP contribution is -2.04. The Morgan fingerprint density at radius 2 is 2.23 bits per heavy atom. The zero-order chi connectivity index (χ0) is 9.84. The van der Waals surface area contributed by atoms with Crippen LogP contribution in [0, 0.1) is 0 Å². The van der Waals surface area contributed by atoms with E-state index in [2.05, 4.69) is 15.9 Å². The maximum absolute atomic E-state index is 9.56. The lowest BCUT2D eigenvalue weighted by Gasteiger charge is -2.10. The first kappa shape index (κ1) is 11.0. The van der Waals surface area contributed by atoms with Gasteiger partial charge in [0, 0.05) is 16.6 Å². The van der Waals surface area contributed by atoms with Crippen molar-refractivity contribution < 1.29 is 9.84 Å². The van der Waals surface area contributed by atoms with Crippen molar-refractivity contribution in [2.75, 3.05) is 13.7 Å². The highest BCUT2D eigenvalue weighted by atomic mass is 79.9. The first-order valence-electron chi connectivity index (χ1n) is 3.76. The Bertz CT molecular complexity index is 271. The number of halogens is 2. The number of hydrogen-bond acceptors (Lipinski definition) is 2. The van der Waals surface area contributed by atoms with Crippen molar-refractivity contribution in [2.45, 2.75) is 6.10 Å². The summed E-state index contributed by atoms with van der Waals surface area (Å²) >= 11 is 9.11. The van der Waals surface area contributed by atoms with Crippen LogP contribution in [0.2, 0.25) is 5.02 Å². The highest BCUT2D eigenvalue weighted by Gasteiger charge is 2.08. The summed E-state index contributed by atoms with van der Waals surface area (Å²) in [5, 5.41) is 10.2. The van der Waals surface area contributed by atoms with E-state index >= 15 is 0 Å². The molecule has 0 aliphatic carbocycles. The molecule has 0 heterocycles. The third-order valence-electron chi connectivity index (χ3n) is 1.59. The van der Waals surface area contributed by atoms with Crippen LogP contribution < -0.4 is 0 Å². The van der Waals surface area contributed by atoms with E-state index in [0.29, 0.717) is 5.02 Å². The van der Waals surface area contributed by atoms with Crippen molar-refractivity contribution in [2.24, 2.45) is 0 Å². The van der Waals surface area contributed by atoms with Gasteiger partial charge in [0.05, 0.1) is 6.61 Å². The van der Waals surface area contributed by atoms with Gasteiger partial charge >= 0.3 is 0 Å². The minimum Gasteiger partial charge on any atom is -0.386 e. The second kappa shape index (κ2) is 4.96. The fourth-order valence-electron chi connectivity index (χ4n) is 1.02. The Labute approximate surface area is 90.6 Å². The van der Waals surface area contributed by atoms with Crippen LogP contribution in [0.5, 0.6) is 0 Å². The maximum Gasteiger partial charge on any atom is 0.102 e. The van der Waals surface area contributed by atoms with Gasteiger partial charge in [0.15, 0.2) is 0 Å². The molecule has 4 heteroatoms. The molecule has 1 aromatic rings. The van der Waals surface area contributed by atoms with Gasteiger partial charge in [0.25, 0.3) is 0 Å². The van der Waals surface area contributed by atoms with Gasteiger partial charge in [-0.25, -0.2) is 0 Å². The molecule has 0 radical (unpaired) electrons. The molecule has 1 atom stereocenters. The molecule has 0 aliphatic rings. The summed E-state index contributed by atoms with van der Waals surface area (Å²) in [7, 11) is 1.54. The molecular weight excluding hydrogens is 255 g/mol. The van der Waals surface area contributed by atoms with Gasteiger partial charge in [-0.3, -0.25) is 0 Å². The summed E-state index contributed by atoms with van der Waals surface area (Å²) in [6, 6.07) is 5.30. The maximum atomic E-state index is 9.56. The molecule has 13 heavy (non-hydrogen) atoms. The lowest BCUT2D eigenvalue weighted by atomic mass is 10.1. The highest BCUT2D eigenvalue weighted by molar-refractivity contribution is 9.10. The topological polar surface area (TPSA) is 29.5 Å². The molecule has 0 amide bonds. The minimum absolute atomic E-state index is 0.271. The minimum atomic E-state index is -0.625. The summed E-state index contributed by atoms with van der Waals surface area (Å²) in [5.74, 6) is 0. The van der Waals surface area contributed by atoms with Gasteiger partial charge in [0.2, 0.25) is 0 Å². The first-order chi connectivity index (χ1) is 6.13. The Kier molecular flexibility index (Phi) is 4.19. The Balaban J connectivity index is 2.87. The normalized spacial score (nSPS) is 12.9. The first-order valence-corrected chi connectivity index (χ1v) is 4.93. The molecular formula is C9H10BrClO2. The second-order valence-corrected chi connectivity index (χ2v) is 4.03. The van der Waals surface area contributed by atoms with E-state index in [9.17, 15) is 5.11 Å². The monoisotopic (exact) mass is 264 g/mol. The van der Waals surface area contributed by atoms with E-state index in [1.165, 1.54) is 0 Å². The van der Waals surface area contributed by atoms with Crippen LogP contribution in [0.4, 0.5) is 0 Å². The Morgan fingerprint density at radius 1 is 1.54 bits per heavy atom. The van der Waals surface area contributed by atoms with Gasteiger partial charge in [-0.1, -0.05) is 27.5 Å². The molecule has 0 aliphatic heterocycles. The summed E-state index contributed by atoms with van der Waals surface area (Å²) in [4.78, 5) is 0. The number of ether oxygens (including phenoxy) is 1. The van der Waals surface area contributed by atoms with E-state index in [1.807, 2.05) is 6.07 Å². The standard InChI is InChI=1S/C9H10BrClO2/c1-13-5-9(12)6-2-7(10)4-8(11)3-6/h2-4,9,12H,5H2,1H3. The average molecular weight is 266 g/mol. The van der Waals surface area contributed by atoms with Crippen molar-refractivity contribution >= 4 is 27.5 Å². The van der Waals surface area contributed by atoms with Crippen LogP contribution in [0.1, 0.15) is 11.7 Å². The van der Waals surface area contributed by atoms with Crippen molar-refractivity contribution in [1.29, 1.82) is 0 Å². The molecule has 1 rings (SSSR count). The second-order valence-electron chi connectivity index (χ2n) is 2.67. The van der Waals surface area contributed by atoms with Crippen LogP contribution in [0.3, 0.4) is 0 Å². The molecule has 72 valence electrons. The molecule has 0 fully saturated rings. The number of aliphatic hydroxyl groups is 1. The van der Waals surface area contributed by atoms with Crippen molar-refractivity contribution in [3.8, 4) is 0 Å². The summed E-state index contributed by atoms with van der Waals surface area (Å²) in [5.41, 5.74) is 0.751. The molecule has 0 aromatic heterocycles. The van der Waals surface area contributed by atoms with Crippen LogP contribution in [-0.2, 0) is 4.74 Å². The van der Waals surface area contributed by atoms with Crippen molar-refractivity contribution in [3.63, 3.8) is 0 Å². The molecule has 1 unspecified atom stereocenters. The SMILES string of the molecule is COCC(O)c1cc(Cl)cc(Br)c1. The van der Waals surface area contributed by atoms with E-state index in [-0.39, 0.29) is 6.61 Å². The molecule has 0 saturated heterocycles. The fourth-order valence-corrected chi connectivity index (χ4v) is 1.91. The third-order valence-corrected chi connectivity index (χ3v) is 2.27. The molecule has 1 aromatic carbocycles. The summed E-state index contributed by atoms with van der Waals surface area (Å²) in [6.45, 7) is 0.271. The molecule has 1 N–H and O–H groups in total. The molecule has 2 nitrogen and oxygen atoms in total. The zero-order valence-electron chi connectivity index (χ0n) is 7.13. The summed E-state index contributed by atoms with van der Waals surface area (Å²) in [6.07, 6.45) is -0.625. The lowest BCUT2D eigenvalue weighted by molar-refractivity contribution is 0.0644. The van der Waals surface area contributed by atoms with Crippen molar-refractivity contribution in [3.05, 3.63) is 33.3 Å². The predicted octanol–water partition coefficient (Wildman–Crippen LogP) is 2.78. The van der Waals surface area contributed by atoms with Gasteiger partial charge in [-0.15, -0.1) is 0 Å². The van der Waals surface area contributed by atoms with Gasteiger partial charge < -0.3 is 9.84 Å². The molecule has 0 saturated carbocycles. The van der Waals surface area contributed by atoms with E-state index in [0.717, 1.165) is 10.0 Å². The van der Waals surface area contributed by atoms with Gasteiger partial charge in [-0.05, 0) is 23.8 Å². The molecule has 0 bridgehead atoms. The Hall–Kier alpha value is -0.0900. The zero-order valence-corrected chi connectivity index (χ0v) is 9.47. The average Bonchev–Trinajstić information content (AvgIpc) is 2.03. The van der Waals surface area contributed by atoms with Crippen LogP contribution in [0.25, 0.3) is 0 Å². The predicted molar refractivity (Wildman–Crippen MR) is 56.0 cm³/mol. The number of methoxy groups -OCH3 is 1. The Morgan fingerprint density at radius 3 is 2.77 bits per heavy atom. The number of benzene rings is 1. The largest absolute Gasteiger partial charge is 0.386 e. The number of aliphatic hydroxyl groups excluding tert-OH is 1. The number of rotatable bonds is 3. The van der Waals surface area contributed by atoms with E-state index in [1.54, 1.807) is 19.2 Å². The smallest absolute Gasteiger partial charge is 0.102 e. The highest BCUT2D eigenvalue weighted by Crippen LogP contribution is 2.23. The fraction of sp³-hybridized carbons (Fsp3) is 0.333. The van der Waals surface area contributed by atoms with Gasteiger partial charge in [0.1, 0.15) is 6.10 Å². The third kappa shape index (κ3) is 3.27. The van der Waals surface area contributed by atoms with E-state index < -0.39 is 6.10 Å². The van der Waals surface area contributed by atoms with E-state index in [4.69, 9.17) is 16.3 Å². The summed E-state index contributed by atoms with van der Waals surface area (Å²) < 4.78 is 5.68. The molecule has 0 spiro atoms. The van der Waals surface area contributed by atoms with Crippen LogP contribution in [-0.4, -0.2) is 18.8 Å².